The molecule has 0 radical (unpaired) electrons. The highest BCUT2D eigenvalue weighted by atomic mass is 16.1. The molecule has 1 aliphatic rings. The van der Waals surface area contributed by atoms with Gasteiger partial charge in [0.05, 0.1) is 17.6 Å². The lowest BCUT2D eigenvalue weighted by Crippen LogP contribution is -2.30. The number of carbonyl (C=O) groups excluding carboxylic acids is 1. The topological polar surface area (TPSA) is 83.0 Å². The van der Waals surface area contributed by atoms with Gasteiger partial charge in [-0.25, -0.2) is 15.0 Å². The van der Waals surface area contributed by atoms with Crippen LogP contribution in [-0.2, 0) is 13.0 Å². The van der Waals surface area contributed by atoms with Gasteiger partial charge in [0.1, 0.15) is 5.69 Å². The van der Waals surface area contributed by atoms with Crippen molar-refractivity contribution < 1.29 is 4.79 Å². The quantitative estimate of drug-likeness (QED) is 0.890. The van der Waals surface area contributed by atoms with Crippen LogP contribution in [0.25, 0.3) is 0 Å². The monoisotopic (exact) mass is 326 g/mol. The molecular weight excluding hydrogens is 304 g/mol. The number of carbonyl (C=O) groups is 1. The summed E-state index contributed by atoms with van der Waals surface area (Å²) in [5.74, 6) is 0.380. The van der Waals surface area contributed by atoms with Crippen molar-refractivity contribution in [2.75, 3.05) is 18.9 Å². The van der Waals surface area contributed by atoms with E-state index in [-0.39, 0.29) is 11.9 Å². The lowest BCUT2D eigenvalue weighted by Gasteiger charge is -2.23. The molecule has 0 atom stereocenters. The molecule has 1 aliphatic heterocycles. The summed E-state index contributed by atoms with van der Waals surface area (Å²) in [4.78, 5) is 27.3. The Bertz CT molecular complexity index is 728. The van der Waals surface area contributed by atoms with Crippen molar-refractivity contribution in [1.82, 2.24) is 25.2 Å². The second-order valence-corrected chi connectivity index (χ2v) is 6.34. The maximum absolute atomic E-state index is 11.9. The molecule has 126 valence electrons. The highest BCUT2D eigenvalue weighted by Gasteiger charge is 2.15. The predicted molar refractivity (Wildman–Crippen MR) is 92.2 cm³/mol. The Morgan fingerprint density at radius 2 is 2.08 bits per heavy atom. The van der Waals surface area contributed by atoms with Gasteiger partial charge in [-0.3, -0.25) is 4.79 Å². The van der Waals surface area contributed by atoms with E-state index in [0.717, 1.165) is 30.9 Å². The highest BCUT2D eigenvalue weighted by Crippen LogP contribution is 2.18. The molecule has 3 rings (SSSR count). The van der Waals surface area contributed by atoms with Gasteiger partial charge in [0.25, 0.3) is 5.91 Å². The number of nitrogens with zero attached hydrogens (tertiary/aromatic N) is 4. The number of pyridine rings is 1. The molecule has 0 bridgehead atoms. The Balaban J connectivity index is 1.69. The molecule has 0 fully saturated rings. The van der Waals surface area contributed by atoms with E-state index in [2.05, 4.69) is 37.5 Å². The molecule has 2 aromatic heterocycles. The Morgan fingerprint density at radius 1 is 1.25 bits per heavy atom. The Kier molecular flexibility index (Phi) is 4.71. The van der Waals surface area contributed by atoms with Crippen LogP contribution in [-0.4, -0.2) is 45.4 Å². The molecule has 7 heteroatoms. The average molecular weight is 326 g/mol. The zero-order valence-electron chi connectivity index (χ0n) is 14.2. The van der Waals surface area contributed by atoms with E-state index in [1.165, 1.54) is 5.56 Å². The summed E-state index contributed by atoms with van der Waals surface area (Å²) in [7, 11) is 2.10. The third kappa shape index (κ3) is 3.86. The molecule has 3 heterocycles. The summed E-state index contributed by atoms with van der Waals surface area (Å²) in [6, 6.07) is 3.58. The zero-order chi connectivity index (χ0) is 17.1. The van der Waals surface area contributed by atoms with Crippen LogP contribution in [0.3, 0.4) is 0 Å². The van der Waals surface area contributed by atoms with Gasteiger partial charge in [-0.1, -0.05) is 0 Å². The van der Waals surface area contributed by atoms with Gasteiger partial charge >= 0.3 is 0 Å². The number of anilines is 2. The number of amides is 1. The van der Waals surface area contributed by atoms with Gasteiger partial charge in [-0.05, 0) is 33.0 Å². The van der Waals surface area contributed by atoms with Crippen LogP contribution in [0.15, 0.2) is 24.5 Å². The molecule has 0 saturated heterocycles. The first-order valence-corrected chi connectivity index (χ1v) is 8.08. The number of hydrogen-bond acceptors (Lipinski definition) is 6. The summed E-state index contributed by atoms with van der Waals surface area (Å²) < 4.78 is 0. The van der Waals surface area contributed by atoms with Crippen LogP contribution in [0, 0.1) is 0 Å². The van der Waals surface area contributed by atoms with Gasteiger partial charge in [-0.15, -0.1) is 0 Å². The van der Waals surface area contributed by atoms with Crippen LogP contribution in [0.2, 0.25) is 0 Å². The minimum Gasteiger partial charge on any atom is -0.349 e. The maximum atomic E-state index is 11.9. The van der Waals surface area contributed by atoms with Crippen molar-refractivity contribution in [3.8, 4) is 0 Å². The van der Waals surface area contributed by atoms with Gasteiger partial charge in [0.2, 0.25) is 5.95 Å². The molecule has 1 amide bonds. The molecule has 0 unspecified atom stereocenters. The van der Waals surface area contributed by atoms with Crippen LogP contribution in [0.5, 0.6) is 0 Å². The standard InChI is InChI=1S/C17H22N6O/c1-11(2)20-16(24)15-5-4-13(9-18-15)21-17-19-8-12-10-23(3)7-6-14(12)22-17/h4-5,8-9,11H,6-7,10H2,1-3H3,(H,20,24)(H,19,21,22). The second kappa shape index (κ2) is 6.92. The van der Waals surface area contributed by atoms with Gasteiger partial charge in [-0.2, -0.15) is 0 Å². The molecule has 2 N–H and O–H groups in total. The van der Waals surface area contributed by atoms with Gasteiger partial charge < -0.3 is 15.5 Å². The van der Waals surface area contributed by atoms with E-state index in [4.69, 9.17) is 0 Å². The number of nitrogens with one attached hydrogen (secondary N) is 2. The summed E-state index contributed by atoms with van der Waals surface area (Å²) >= 11 is 0. The van der Waals surface area contributed by atoms with Crippen LogP contribution in [0.4, 0.5) is 11.6 Å². The van der Waals surface area contributed by atoms with Gasteiger partial charge in [0, 0.05) is 37.3 Å². The van der Waals surface area contributed by atoms with Crippen molar-refractivity contribution >= 4 is 17.5 Å². The Hall–Kier alpha value is -2.54. The summed E-state index contributed by atoms with van der Waals surface area (Å²) in [5.41, 5.74) is 3.41. The number of hydrogen-bond donors (Lipinski definition) is 2. The third-order valence-electron chi connectivity index (χ3n) is 3.80. The molecule has 2 aromatic rings. The van der Waals surface area contributed by atoms with E-state index < -0.39 is 0 Å². The van der Waals surface area contributed by atoms with E-state index in [1.54, 1.807) is 18.3 Å². The van der Waals surface area contributed by atoms with Crippen molar-refractivity contribution in [3.63, 3.8) is 0 Å². The average Bonchev–Trinajstić information content (AvgIpc) is 2.55. The minimum absolute atomic E-state index is 0.0834. The lowest BCUT2D eigenvalue weighted by atomic mass is 10.1. The molecule has 0 spiro atoms. The molecule has 0 aromatic carbocycles. The highest BCUT2D eigenvalue weighted by molar-refractivity contribution is 5.92. The van der Waals surface area contributed by atoms with Crippen molar-refractivity contribution in [3.05, 3.63) is 41.5 Å². The zero-order valence-corrected chi connectivity index (χ0v) is 14.2. The second-order valence-electron chi connectivity index (χ2n) is 6.34. The number of rotatable bonds is 4. The van der Waals surface area contributed by atoms with Crippen LogP contribution < -0.4 is 10.6 Å². The van der Waals surface area contributed by atoms with Crippen molar-refractivity contribution in [1.29, 1.82) is 0 Å². The first kappa shape index (κ1) is 16.3. The fourth-order valence-electron chi connectivity index (χ4n) is 2.58. The Labute approximate surface area is 141 Å². The fraction of sp³-hybridized carbons (Fsp3) is 0.412. The molecule has 0 saturated carbocycles. The fourth-order valence-corrected chi connectivity index (χ4v) is 2.58. The van der Waals surface area contributed by atoms with E-state index in [1.807, 2.05) is 20.0 Å². The summed E-state index contributed by atoms with van der Waals surface area (Å²) in [6.07, 6.45) is 4.42. The predicted octanol–water partition coefficient (Wildman–Crippen LogP) is 1.74. The van der Waals surface area contributed by atoms with E-state index in [9.17, 15) is 4.79 Å². The smallest absolute Gasteiger partial charge is 0.270 e. The maximum Gasteiger partial charge on any atom is 0.270 e. The molecule has 7 nitrogen and oxygen atoms in total. The normalized spacial score (nSPS) is 14.3. The first-order valence-electron chi connectivity index (χ1n) is 8.08. The number of likely N-dealkylation sites (N-methyl/N-ethyl adjacent to an activating group) is 1. The molecular formula is C17H22N6O. The number of fused-ring (bicyclic) bond motifs is 1. The minimum atomic E-state index is -0.175. The summed E-state index contributed by atoms with van der Waals surface area (Å²) in [6.45, 7) is 5.72. The van der Waals surface area contributed by atoms with E-state index in [0.29, 0.717) is 11.6 Å². The SMILES string of the molecule is CC(C)NC(=O)c1ccc(Nc2ncc3c(n2)CCN(C)C3)cn1. The Morgan fingerprint density at radius 3 is 2.79 bits per heavy atom. The molecule has 0 aliphatic carbocycles. The summed E-state index contributed by atoms with van der Waals surface area (Å²) in [5, 5.41) is 5.96. The first-order chi connectivity index (χ1) is 11.5. The van der Waals surface area contributed by atoms with Crippen molar-refractivity contribution in [2.24, 2.45) is 0 Å². The number of aromatic nitrogens is 3. The van der Waals surface area contributed by atoms with E-state index >= 15 is 0 Å². The van der Waals surface area contributed by atoms with Crippen LogP contribution in [0.1, 0.15) is 35.6 Å². The van der Waals surface area contributed by atoms with Gasteiger partial charge in [0.15, 0.2) is 0 Å². The van der Waals surface area contributed by atoms with Crippen LogP contribution >= 0.6 is 0 Å². The van der Waals surface area contributed by atoms with Crippen molar-refractivity contribution in [2.45, 2.75) is 32.9 Å². The largest absolute Gasteiger partial charge is 0.349 e. The third-order valence-corrected chi connectivity index (χ3v) is 3.80. The lowest BCUT2D eigenvalue weighted by molar-refractivity contribution is 0.0938. The molecule has 24 heavy (non-hydrogen) atoms.